The first-order chi connectivity index (χ1) is 15.1. The highest BCUT2D eigenvalue weighted by molar-refractivity contribution is 5.99. The fraction of sp³-hybridized carbons (Fsp3) is 0.304. The Hall–Kier alpha value is -3.52. The molecule has 0 radical (unpaired) electrons. The van der Waals surface area contributed by atoms with Crippen LogP contribution in [0.1, 0.15) is 12.5 Å². The van der Waals surface area contributed by atoms with Crippen molar-refractivity contribution in [2.75, 3.05) is 42.9 Å². The molecule has 4 rings (SSSR count). The third-order valence-corrected chi connectivity index (χ3v) is 5.72. The minimum atomic E-state index is -0.374. The van der Waals surface area contributed by atoms with Gasteiger partial charge in [-0.05, 0) is 30.2 Å². The van der Waals surface area contributed by atoms with E-state index in [4.69, 9.17) is 0 Å². The number of hydrogen-bond acceptors (Lipinski definition) is 6. The molecule has 3 aromatic rings. The molecule has 1 N–H and O–H groups in total. The van der Waals surface area contributed by atoms with Gasteiger partial charge >= 0.3 is 0 Å². The lowest BCUT2D eigenvalue weighted by Crippen LogP contribution is -2.48. The van der Waals surface area contributed by atoms with Gasteiger partial charge < -0.3 is 10.2 Å². The summed E-state index contributed by atoms with van der Waals surface area (Å²) in [5.74, 6) is -0.0128. The Balaban J connectivity index is 1.41. The van der Waals surface area contributed by atoms with Gasteiger partial charge in [0.25, 0.3) is 5.69 Å². The second kappa shape index (κ2) is 9.09. The fourth-order valence-corrected chi connectivity index (χ4v) is 4.08. The Bertz CT molecular complexity index is 1110. The van der Waals surface area contributed by atoms with Gasteiger partial charge in [-0.25, -0.2) is 0 Å². The lowest BCUT2D eigenvalue weighted by atomic mass is 10.1. The number of nitrogens with one attached hydrogen (secondary N) is 1. The van der Waals surface area contributed by atoms with Crippen molar-refractivity contribution < 1.29 is 9.72 Å². The highest BCUT2D eigenvalue weighted by Crippen LogP contribution is 2.33. The monoisotopic (exact) mass is 419 g/mol. The summed E-state index contributed by atoms with van der Waals surface area (Å²) in [5, 5.41) is 15.7. The number of nitro benzene ring substituents is 1. The van der Waals surface area contributed by atoms with Crippen LogP contribution in [0.25, 0.3) is 10.8 Å². The molecule has 0 saturated carbocycles. The molecule has 2 aromatic carbocycles. The lowest BCUT2D eigenvalue weighted by Gasteiger charge is -2.36. The smallest absolute Gasteiger partial charge is 0.278 e. The second-order valence-electron chi connectivity index (χ2n) is 7.60. The summed E-state index contributed by atoms with van der Waals surface area (Å²) in [7, 11) is 0. The predicted octanol–water partition coefficient (Wildman–Crippen LogP) is 3.47. The van der Waals surface area contributed by atoms with Gasteiger partial charge in [0.1, 0.15) is 0 Å². The first-order valence-corrected chi connectivity index (χ1v) is 10.4. The van der Waals surface area contributed by atoms with Crippen LogP contribution >= 0.6 is 0 Å². The van der Waals surface area contributed by atoms with Crippen LogP contribution in [0.2, 0.25) is 0 Å². The number of fused-ring (bicyclic) bond motifs is 1. The minimum absolute atomic E-state index is 0.0128. The van der Waals surface area contributed by atoms with Crippen LogP contribution in [-0.4, -0.2) is 53.4 Å². The number of para-hydroxylation sites is 1. The molecule has 0 spiro atoms. The average Bonchev–Trinajstić information content (AvgIpc) is 2.79. The third-order valence-electron chi connectivity index (χ3n) is 5.72. The highest BCUT2D eigenvalue weighted by atomic mass is 16.6. The molecule has 1 aliphatic heterocycles. The maximum atomic E-state index is 12.5. The number of aryl methyl sites for hydroxylation is 1. The van der Waals surface area contributed by atoms with E-state index in [1.54, 1.807) is 18.5 Å². The van der Waals surface area contributed by atoms with Gasteiger partial charge in [0.05, 0.1) is 16.9 Å². The fourth-order valence-electron chi connectivity index (χ4n) is 4.08. The molecule has 0 aliphatic carbocycles. The van der Waals surface area contributed by atoms with Crippen molar-refractivity contribution >= 4 is 33.7 Å². The minimum Gasteiger partial charge on any atom is -0.368 e. The summed E-state index contributed by atoms with van der Waals surface area (Å²) in [5.41, 5.74) is 3.03. The number of carbonyl (C=O) groups is 1. The molecule has 1 aliphatic rings. The summed E-state index contributed by atoms with van der Waals surface area (Å²) in [6, 6.07) is 13.0. The van der Waals surface area contributed by atoms with E-state index in [1.807, 2.05) is 36.4 Å². The number of hydrogen-bond donors (Lipinski definition) is 1. The molecule has 0 bridgehead atoms. The van der Waals surface area contributed by atoms with Crippen LogP contribution in [0, 0.1) is 10.1 Å². The van der Waals surface area contributed by atoms with Crippen molar-refractivity contribution in [2.24, 2.45) is 0 Å². The van der Waals surface area contributed by atoms with Crippen molar-refractivity contribution in [3.63, 3.8) is 0 Å². The molecule has 2 heterocycles. The molecule has 1 aromatic heterocycles. The third kappa shape index (κ3) is 4.49. The number of anilines is 2. The van der Waals surface area contributed by atoms with Gasteiger partial charge in [0.2, 0.25) is 5.91 Å². The summed E-state index contributed by atoms with van der Waals surface area (Å²) in [6.07, 6.45) is 4.07. The Morgan fingerprint density at radius 1 is 1.10 bits per heavy atom. The first kappa shape index (κ1) is 20.7. The van der Waals surface area contributed by atoms with Gasteiger partial charge in [-0.15, -0.1) is 0 Å². The molecule has 0 unspecified atom stereocenters. The van der Waals surface area contributed by atoms with Gasteiger partial charge in [-0.1, -0.05) is 25.1 Å². The number of pyridine rings is 1. The van der Waals surface area contributed by atoms with Crippen LogP contribution in [0.3, 0.4) is 0 Å². The maximum Gasteiger partial charge on any atom is 0.278 e. The number of non-ortho nitro benzene ring substituents is 1. The van der Waals surface area contributed by atoms with Gasteiger partial charge in [-0.3, -0.25) is 24.8 Å². The molecular weight excluding hydrogens is 394 g/mol. The van der Waals surface area contributed by atoms with E-state index in [1.165, 1.54) is 0 Å². The van der Waals surface area contributed by atoms with E-state index in [9.17, 15) is 14.9 Å². The second-order valence-corrected chi connectivity index (χ2v) is 7.60. The number of benzene rings is 2. The molecule has 160 valence electrons. The molecule has 0 atom stereocenters. The number of nitrogens with zero attached hydrogens (tertiary/aromatic N) is 4. The van der Waals surface area contributed by atoms with E-state index in [-0.39, 0.29) is 16.5 Å². The van der Waals surface area contributed by atoms with Crippen molar-refractivity contribution in [1.29, 1.82) is 0 Å². The molecule has 1 saturated heterocycles. The van der Waals surface area contributed by atoms with E-state index >= 15 is 0 Å². The zero-order valence-corrected chi connectivity index (χ0v) is 17.5. The number of nitro groups is 1. The van der Waals surface area contributed by atoms with Crippen molar-refractivity contribution in [3.8, 4) is 0 Å². The van der Waals surface area contributed by atoms with E-state index in [0.29, 0.717) is 11.9 Å². The van der Waals surface area contributed by atoms with Crippen LogP contribution in [0.15, 0.2) is 54.9 Å². The Morgan fingerprint density at radius 2 is 1.87 bits per heavy atom. The summed E-state index contributed by atoms with van der Waals surface area (Å²) in [6.45, 7) is 5.39. The van der Waals surface area contributed by atoms with E-state index in [2.05, 4.69) is 27.0 Å². The summed E-state index contributed by atoms with van der Waals surface area (Å²) in [4.78, 5) is 31.9. The van der Waals surface area contributed by atoms with Crippen LogP contribution in [0.4, 0.5) is 17.1 Å². The number of piperazine rings is 1. The number of amides is 1. The Labute approximate surface area is 180 Å². The molecular formula is C23H25N5O3. The predicted molar refractivity (Wildman–Crippen MR) is 122 cm³/mol. The van der Waals surface area contributed by atoms with Gasteiger partial charge in [-0.2, -0.15) is 0 Å². The number of aromatic nitrogens is 1. The van der Waals surface area contributed by atoms with E-state index in [0.717, 1.165) is 54.9 Å². The summed E-state index contributed by atoms with van der Waals surface area (Å²) < 4.78 is 0. The molecule has 8 nitrogen and oxygen atoms in total. The highest BCUT2D eigenvalue weighted by Gasteiger charge is 2.23. The van der Waals surface area contributed by atoms with Crippen molar-refractivity contribution in [1.82, 2.24) is 9.88 Å². The Kier molecular flexibility index (Phi) is 6.08. The van der Waals surface area contributed by atoms with Gasteiger partial charge in [0, 0.05) is 61.4 Å². The topological polar surface area (TPSA) is 91.6 Å². The quantitative estimate of drug-likeness (QED) is 0.486. The molecule has 1 amide bonds. The zero-order chi connectivity index (χ0) is 21.8. The SMILES string of the molecule is CCc1ccccc1NC(=O)CN1CCN(c2ccc([N+](=O)[O-])c3cnccc23)CC1. The zero-order valence-electron chi connectivity index (χ0n) is 17.5. The van der Waals surface area contributed by atoms with Crippen LogP contribution < -0.4 is 10.2 Å². The Morgan fingerprint density at radius 3 is 2.61 bits per heavy atom. The summed E-state index contributed by atoms with van der Waals surface area (Å²) >= 11 is 0. The first-order valence-electron chi connectivity index (χ1n) is 10.4. The van der Waals surface area contributed by atoms with Gasteiger partial charge in [0.15, 0.2) is 0 Å². The molecule has 1 fully saturated rings. The van der Waals surface area contributed by atoms with Crippen LogP contribution in [0.5, 0.6) is 0 Å². The van der Waals surface area contributed by atoms with Crippen molar-refractivity contribution in [2.45, 2.75) is 13.3 Å². The number of rotatable bonds is 6. The lowest BCUT2D eigenvalue weighted by molar-refractivity contribution is -0.383. The molecule has 31 heavy (non-hydrogen) atoms. The average molecular weight is 419 g/mol. The van der Waals surface area contributed by atoms with Crippen LogP contribution in [-0.2, 0) is 11.2 Å². The van der Waals surface area contributed by atoms with E-state index < -0.39 is 0 Å². The van der Waals surface area contributed by atoms with Crippen molar-refractivity contribution in [3.05, 3.63) is 70.5 Å². The normalized spacial score (nSPS) is 14.5. The molecule has 8 heteroatoms. The largest absolute Gasteiger partial charge is 0.368 e. The maximum absolute atomic E-state index is 12.5. The standard InChI is InChI=1S/C23H25N5O3/c1-2-17-5-3-4-6-20(17)25-23(29)16-26-11-13-27(14-12-26)21-7-8-22(28(30)31)19-15-24-10-9-18(19)21/h3-10,15H,2,11-14,16H2,1H3,(H,25,29). The number of carbonyl (C=O) groups excluding carboxylic acids is 1.